The molecule has 0 aliphatic heterocycles. The SMILES string of the molecule is CCCCCCCCCc1ccc(OP(=O)([O-])OCC(CC)CCCC)cc1.CCCCCCCCCc1ccc(OP(=O)([O-])OCC(CC)CCCC)cc1.CCCCCCCCCc1ccc(OP(=O)([O-])OCC(CC)CCCC)cc1.CCCCCCCCCc1ccc(OP(=O)([O-])OCC(CC)CCCC)cc1.[Mo+4]. The molecule has 0 saturated heterocycles. The van der Waals surface area contributed by atoms with E-state index < -0.39 is 31.3 Å². The van der Waals surface area contributed by atoms with E-state index in [2.05, 4.69) is 83.1 Å². The molecular formula is C92H160MoO16P4. The first-order chi connectivity index (χ1) is 54.0. The molecule has 4 rings (SSSR count). The van der Waals surface area contributed by atoms with Gasteiger partial charge in [-0.25, -0.2) is 0 Å². The fourth-order valence-corrected chi connectivity index (χ4v) is 16.3. The minimum absolute atomic E-state index is 0. The van der Waals surface area contributed by atoms with Gasteiger partial charge in [-0.05, 0) is 172 Å². The minimum atomic E-state index is -4.32. The molecule has 0 heterocycles. The standard InChI is InChI=1S/4C23H41O4P.Mo/c4*1-4-7-9-10-11-12-13-15-22-16-18-23(19-17-22)27-28(24,25)26-20-21(6-3)14-8-5-2;/h4*16-19,21H,4-15,20H2,1-3H3,(H,24,25);/q;;;;+4/p-4. The zero-order chi connectivity index (χ0) is 82.7. The largest absolute Gasteiger partial charge is 4.00 e. The fourth-order valence-electron chi connectivity index (χ4n) is 13.0. The van der Waals surface area contributed by atoms with Crippen molar-refractivity contribution in [3.05, 3.63) is 119 Å². The van der Waals surface area contributed by atoms with Crippen molar-refractivity contribution in [2.45, 2.75) is 391 Å². The van der Waals surface area contributed by atoms with Crippen LogP contribution in [-0.2, 0) is 83.1 Å². The molecule has 0 aliphatic rings. The molecule has 0 bridgehead atoms. The van der Waals surface area contributed by atoms with Gasteiger partial charge in [0, 0.05) is 0 Å². The monoisotopic (exact) mass is 1740 g/mol. The second kappa shape index (κ2) is 72.2. The van der Waals surface area contributed by atoms with Crippen LogP contribution in [0.25, 0.3) is 0 Å². The van der Waals surface area contributed by atoms with E-state index in [1.807, 2.05) is 48.5 Å². The number of unbranched alkanes of at least 4 members (excludes halogenated alkanes) is 28. The summed E-state index contributed by atoms with van der Waals surface area (Å²) in [5.41, 5.74) is 4.86. The molecule has 0 saturated carbocycles. The molecular weight excluding hydrogens is 1580 g/mol. The molecule has 650 valence electrons. The van der Waals surface area contributed by atoms with Gasteiger partial charge in [0.25, 0.3) is 0 Å². The van der Waals surface area contributed by atoms with E-state index in [0.717, 1.165) is 128 Å². The van der Waals surface area contributed by atoms with E-state index in [1.54, 1.807) is 48.5 Å². The summed E-state index contributed by atoms with van der Waals surface area (Å²) in [6.45, 7) is 26.5. The van der Waals surface area contributed by atoms with Crippen LogP contribution in [0.15, 0.2) is 97.1 Å². The first-order valence-corrected chi connectivity index (χ1v) is 50.8. The third-order valence-corrected chi connectivity index (χ3v) is 24.5. The maximum absolute atomic E-state index is 12.1. The summed E-state index contributed by atoms with van der Waals surface area (Å²) >= 11 is 0. The number of hydrogen-bond acceptors (Lipinski definition) is 16. The zero-order valence-corrected chi connectivity index (χ0v) is 78.6. The van der Waals surface area contributed by atoms with Crippen molar-refractivity contribution in [3.8, 4) is 23.0 Å². The number of rotatable bonds is 68. The maximum Gasteiger partial charge on any atom is 4.00 e. The Bertz CT molecular complexity index is 2580. The second-order valence-corrected chi connectivity index (χ2v) is 36.4. The summed E-state index contributed by atoms with van der Waals surface area (Å²) in [7, 11) is -17.3. The molecule has 0 amide bonds. The van der Waals surface area contributed by atoms with Crippen LogP contribution in [0, 0.1) is 23.7 Å². The first-order valence-electron chi connectivity index (χ1n) is 45.0. The van der Waals surface area contributed by atoms with Gasteiger partial charge in [-0.1, -0.05) is 363 Å². The van der Waals surface area contributed by atoms with Crippen LogP contribution in [-0.4, -0.2) is 26.4 Å². The predicted octanol–water partition coefficient (Wildman–Crippen LogP) is 28.2. The zero-order valence-electron chi connectivity index (χ0n) is 73.0. The Labute approximate surface area is 705 Å². The van der Waals surface area contributed by atoms with Crippen LogP contribution < -0.4 is 37.7 Å². The van der Waals surface area contributed by atoms with Gasteiger partial charge in [0.2, 0.25) is 0 Å². The van der Waals surface area contributed by atoms with Crippen LogP contribution >= 0.6 is 31.3 Å². The van der Waals surface area contributed by atoms with Crippen molar-refractivity contribution in [2.24, 2.45) is 23.7 Å². The Morgan fingerprint density at radius 3 is 0.531 bits per heavy atom. The first kappa shape index (κ1) is 110. The van der Waals surface area contributed by atoms with Crippen molar-refractivity contribution < 1.29 is 95.1 Å². The maximum atomic E-state index is 12.1. The minimum Gasteiger partial charge on any atom is -0.746 e. The molecule has 4 aromatic carbocycles. The topological polar surface area (TPSA) is 234 Å². The molecule has 0 aliphatic carbocycles. The summed E-state index contributed by atoms with van der Waals surface area (Å²) in [5.74, 6) is 2.33. The van der Waals surface area contributed by atoms with Crippen molar-refractivity contribution in [3.63, 3.8) is 0 Å². The number of benzene rings is 4. The molecule has 0 N–H and O–H groups in total. The molecule has 16 nitrogen and oxygen atoms in total. The normalized spacial score (nSPS) is 14.4. The summed E-state index contributed by atoms with van der Waals surface area (Å²) in [5, 5.41) is 0. The number of phosphoric acid groups is 4. The van der Waals surface area contributed by atoms with Gasteiger partial charge in [0.1, 0.15) is 23.0 Å². The van der Waals surface area contributed by atoms with E-state index in [-0.39, 0.29) is 71.2 Å². The third-order valence-electron chi connectivity index (χ3n) is 20.9. The molecule has 8 unspecified atom stereocenters. The van der Waals surface area contributed by atoms with Crippen LogP contribution in [0.1, 0.15) is 388 Å². The molecule has 4 aromatic rings. The third kappa shape index (κ3) is 63.1. The smallest absolute Gasteiger partial charge is 0.746 e. The van der Waals surface area contributed by atoms with E-state index in [1.165, 1.54) is 202 Å². The van der Waals surface area contributed by atoms with E-state index in [4.69, 9.17) is 36.2 Å². The molecule has 0 radical (unpaired) electrons. The van der Waals surface area contributed by atoms with Crippen molar-refractivity contribution in [1.82, 2.24) is 0 Å². The summed E-state index contributed by atoms with van der Waals surface area (Å²) in [6, 6.07) is 29.3. The number of phosphoric ester groups is 4. The quantitative estimate of drug-likeness (QED) is 0.0227. The summed E-state index contributed by atoms with van der Waals surface area (Å²) < 4.78 is 89.2. The average molecular weight is 1740 g/mol. The average Bonchev–Trinajstić information content (AvgIpc) is 0.887. The molecule has 0 aromatic heterocycles. The van der Waals surface area contributed by atoms with Crippen LogP contribution in [0.3, 0.4) is 0 Å². The van der Waals surface area contributed by atoms with Gasteiger partial charge < -0.3 is 55.8 Å². The fraction of sp³-hybridized carbons (Fsp3) is 0.739. The van der Waals surface area contributed by atoms with Crippen LogP contribution in [0.2, 0.25) is 0 Å². The van der Waals surface area contributed by atoms with Gasteiger partial charge >= 0.3 is 52.4 Å². The van der Waals surface area contributed by atoms with Gasteiger partial charge in [-0.2, -0.15) is 0 Å². The number of hydrogen-bond donors (Lipinski definition) is 0. The van der Waals surface area contributed by atoms with Gasteiger partial charge in [-0.15, -0.1) is 0 Å². The summed E-state index contributed by atoms with van der Waals surface area (Å²) in [6.07, 6.45) is 56.6. The van der Waals surface area contributed by atoms with Crippen molar-refractivity contribution in [2.75, 3.05) is 26.4 Å². The Hall–Kier alpha value is -2.63. The predicted molar refractivity (Wildman–Crippen MR) is 463 cm³/mol. The van der Waals surface area contributed by atoms with Crippen LogP contribution in [0.5, 0.6) is 23.0 Å². The Morgan fingerprint density at radius 1 is 0.230 bits per heavy atom. The number of aryl methyl sites for hydroxylation is 4. The molecule has 0 fully saturated rings. The van der Waals surface area contributed by atoms with Crippen molar-refractivity contribution >= 4 is 31.3 Å². The van der Waals surface area contributed by atoms with Crippen LogP contribution in [0.4, 0.5) is 0 Å². The van der Waals surface area contributed by atoms with Gasteiger partial charge in [0.05, 0.1) is 26.4 Å². The second-order valence-electron chi connectivity index (χ2n) is 31.1. The van der Waals surface area contributed by atoms with E-state index in [9.17, 15) is 37.8 Å². The molecule has 0 spiro atoms. The Balaban J connectivity index is 0.00000148. The molecule has 8 atom stereocenters. The Kier molecular flexibility index (Phi) is 70.5. The van der Waals surface area contributed by atoms with Gasteiger partial charge in [0.15, 0.2) is 0 Å². The Morgan fingerprint density at radius 2 is 0.381 bits per heavy atom. The van der Waals surface area contributed by atoms with E-state index >= 15 is 0 Å². The van der Waals surface area contributed by atoms with Gasteiger partial charge in [-0.3, -0.25) is 18.3 Å². The molecule has 21 heteroatoms. The van der Waals surface area contributed by atoms with Crippen molar-refractivity contribution in [1.29, 1.82) is 0 Å². The molecule has 113 heavy (non-hydrogen) atoms. The summed E-state index contributed by atoms with van der Waals surface area (Å²) in [4.78, 5) is 48.3. The van der Waals surface area contributed by atoms with E-state index in [0.29, 0.717) is 23.0 Å².